The van der Waals surface area contributed by atoms with Gasteiger partial charge in [-0.15, -0.1) is 0 Å². The van der Waals surface area contributed by atoms with Crippen LogP contribution in [0.3, 0.4) is 0 Å². The third-order valence-corrected chi connectivity index (χ3v) is 8.43. The fraction of sp³-hybridized carbons (Fsp3) is 0.429. The Labute approximate surface area is 253 Å². The number of ether oxygens (including phenoxy) is 5. The highest BCUT2D eigenvalue weighted by molar-refractivity contribution is 6.31. The third kappa shape index (κ3) is 6.80. The van der Waals surface area contributed by atoms with E-state index in [2.05, 4.69) is 57.2 Å². The van der Waals surface area contributed by atoms with Gasteiger partial charge in [0.2, 0.25) is 0 Å². The first-order valence-electron chi connectivity index (χ1n) is 14.8. The van der Waals surface area contributed by atoms with Crippen LogP contribution in [0.4, 0.5) is 0 Å². The van der Waals surface area contributed by atoms with E-state index in [1.54, 1.807) is 14.2 Å². The number of rotatable bonds is 10. The minimum atomic E-state index is -1.44. The second-order valence-electron chi connectivity index (χ2n) is 12.2. The van der Waals surface area contributed by atoms with Crippen LogP contribution in [0.5, 0.6) is 17.2 Å². The van der Waals surface area contributed by atoms with Gasteiger partial charge in [0.15, 0.2) is 0 Å². The highest BCUT2D eigenvalue weighted by Crippen LogP contribution is 2.46. The van der Waals surface area contributed by atoms with Gasteiger partial charge >= 0.3 is 17.8 Å². The molecule has 2 saturated heterocycles. The van der Waals surface area contributed by atoms with Crippen molar-refractivity contribution in [1.82, 2.24) is 4.90 Å². The molecule has 1 atom stereocenters. The van der Waals surface area contributed by atoms with E-state index in [-0.39, 0.29) is 17.3 Å². The molecule has 2 heterocycles. The van der Waals surface area contributed by atoms with Crippen molar-refractivity contribution in [3.8, 4) is 17.2 Å². The van der Waals surface area contributed by atoms with Gasteiger partial charge in [-0.1, -0.05) is 57.2 Å². The molecule has 0 N–H and O–H groups in total. The predicted octanol–water partition coefficient (Wildman–Crippen LogP) is 6.07. The molecule has 0 aliphatic carbocycles. The number of carbonyl (C=O) groups excluding carboxylic acids is 2. The zero-order valence-corrected chi connectivity index (χ0v) is 25.6. The molecule has 2 fully saturated rings. The third-order valence-electron chi connectivity index (χ3n) is 8.43. The molecule has 0 saturated carbocycles. The molecule has 8 nitrogen and oxygen atoms in total. The lowest BCUT2D eigenvalue weighted by Gasteiger charge is -2.45. The van der Waals surface area contributed by atoms with Crippen molar-refractivity contribution >= 4 is 11.9 Å². The second-order valence-corrected chi connectivity index (χ2v) is 12.2. The van der Waals surface area contributed by atoms with E-state index in [9.17, 15) is 9.59 Å². The molecule has 0 aromatic heterocycles. The fourth-order valence-electron chi connectivity index (χ4n) is 6.08. The van der Waals surface area contributed by atoms with Crippen molar-refractivity contribution in [2.24, 2.45) is 5.92 Å². The number of nitrogens with zero attached hydrogens (tertiary/aromatic N) is 1. The molecular formula is C35H41NO7. The Morgan fingerprint density at radius 1 is 0.814 bits per heavy atom. The van der Waals surface area contributed by atoms with Gasteiger partial charge in [-0.2, -0.15) is 0 Å². The molecule has 8 heteroatoms. The van der Waals surface area contributed by atoms with E-state index < -0.39 is 17.8 Å². The number of methoxy groups -OCH3 is 2. The number of benzene rings is 3. The smallest absolute Gasteiger partial charge is 0.421 e. The maximum atomic E-state index is 12.4. The summed E-state index contributed by atoms with van der Waals surface area (Å²) in [6.07, 6.45) is 1.83. The molecule has 2 aliphatic heterocycles. The summed E-state index contributed by atoms with van der Waals surface area (Å²) < 4.78 is 28.3. The van der Waals surface area contributed by atoms with Crippen molar-refractivity contribution in [1.29, 1.82) is 0 Å². The molecule has 0 bridgehead atoms. The molecule has 228 valence electrons. The van der Waals surface area contributed by atoms with Crippen LogP contribution < -0.4 is 14.2 Å². The Balaban J connectivity index is 1.32. The van der Waals surface area contributed by atoms with Gasteiger partial charge in [0.05, 0.1) is 20.8 Å². The Morgan fingerprint density at radius 3 is 1.81 bits per heavy atom. The van der Waals surface area contributed by atoms with Crippen LogP contribution in [0.25, 0.3) is 0 Å². The second kappa shape index (κ2) is 12.7. The lowest BCUT2D eigenvalue weighted by Crippen LogP contribution is -2.56. The summed E-state index contributed by atoms with van der Waals surface area (Å²) in [5, 5.41) is 0. The van der Waals surface area contributed by atoms with Gasteiger partial charge < -0.3 is 23.7 Å². The Morgan fingerprint density at radius 2 is 1.33 bits per heavy atom. The van der Waals surface area contributed by atoms with Crippen molar-refractivity contribution in [2.45, 2.75) is 57.3 Å². The highest BCUT2D eigenvalue weighted by Gasteiger charge is 2.56. The van der Waals surface area contributed by atoms with Crippen molar-refractivity contribution in [3.05, 3.63) is 89.5 Å². The van der Waals surface area contributed by atoms with Crippen molar-refractivity contribution < 1.29 is 33.3 Å². The zero-order valence-electron chi connectivity index (χ0n) is 25.6. The number of likely N-dealkylation sites (tertiary alicyclic amines) is 1. The molecular weight excluding hydrogens is 546 g/mol. The van der Waals surface area contributed by atoms with Gasteiger partial charge in [-0.3, -0.25) is 0 Å². The largest absolute Gasteiger partial charge is 0.497 e. The summed E-state index contributed by atoms with van der Waals surface area (Å²) >= 11 is 0. The summed E-state index contributed by atoms with van der Waals surface area (Å²) in [6, 6.07) is 24.2. The number of esters is 2. The molecule has 5 rings (SSSR count). The maximum absolute atomic E-state index is 12.4. The van der Waals surface area contributed by atoms with E-state index in [1.807, 2.05) is 41.3 Å². The molecule has 0 radical (unpaired) electrons. The van der Waals surface area contributed by atoms with Gasteiger partial charge in [0, 0.05) is 25.4 Å². The quantitative estimate of drug-likeness (QED) is 0.161. The summed E-state index contributed by atoms with van der Waals surface area (Å²) in [5.41, 5.74) is 3.52. The molecule has 3 aromatic rings. The van der Waals surface area contributed by atoms with Gasteiger partial charge in [0.1, 0.15) is 17.2 Å². The fourth-order valence-corrected chi connectivity index (χ4v) is 6.08. The number of piperidine rings is 1. The van der Waals surface area contributed by atoms with E-state index >= 15 is 0 Å². The van der Waals surface area contributed by atoms with Crippen LogP contribution >= 0.6 is 0 Å². The number of hydrogen-bond acceptors (Lipinski definition) is 8. The summed E-state index contributed by atoms with van der Waals surface area (Å²) in [6.45, 7) is 8.16. The number of hydrogen-bond donors (Lipinski definition) is 0. The summed E-state index contributed by atoms with van der Waals surface area (Å²) in [4.78, 5) is 26.7. The lowest BCUT2D eigenvalue weighted by molar-refractivity contribution is -0.272. The normalized spacial score (nSPS) is 18.4. The predicted molar refractivity (Wildman–Crippen MR) is 162 cm³/mol. The lowest BCUT2D eigenvalue weighted by atomic mass is 9.75. The average molecular weight is 588 g/mol. The van der Waals surface area contributed by atoms with Crippen LogP contribution in [0.2, 0.25) is 0 Å². The van der Waals surface area contributed by atoms with Crippen LogP contribution in [0.15, 0.2) is 72.8 Å². The first-order chi connectivity index (χ1) is 20.6. The minimum absolute atomic E-state index is 0.0225. The Bertz CT molecular complexity index is 1330. The van der Waals surface area contributed by atoms with Gasteiger partial charge in [-0.05, 0) is 77.3 Å². The van der Waals surface area contributed by atoms with E-state index in [0.29, 0.717) is 32.5 Å². The first-order valence-corrected chi connectivity index (χ1v) is 14.8. The molecule has 1 spiro atoms. The van der Waals surface area contributed by atoms with Crippen LogP contribution in [-0.4, -0.2) is 56.7 Å². The maximum Gasteiger partial charge on any atom is 0.421 e. The molecule has 2 aliphatic rings. The van der Waals surface area contributed by atoms with Crippen LogP contribution in [0.1, 0.15) is 62.6 Å². The molecule has 3 aromatic carbocycles. The van der Waals surface area contributed by atoms with Gasteiger partial charge in [-0.25, -0.2) is 14.5 Å². The van der Waals surface area contributed by atoms with E-state index in [4.69, 9.17) is 23.7 Å². The molecule has 0 amide bonds. The minimum Gasteiger partial charge on any atom is -0.497 e. The molecule has 1 unspecified atom stereocenters. The Kier molecular flexibility index (Phi) is 8.97. The van der Waals surface area contributed by atoms with Crippen molar-refractivity contribution in [3.63, 3.8) is 0 Å². The average Bonchev–Trinajstić information content (AvgIpc) is 3.29. The van der Waals surface area contributed by atoms with Crippen LogP contribution in [-0.2, 0) is 24.5 Å². The standard InChI is InChI=1S/C35H41NO7/c1-34(2,3)27-11-17-30(18-12-27)41-22-6-20-36-21-19-26(23-35(36)42-32(37)33(38)43-35)31(24-7-13-28(39-4)14-8-24)25-9-15-29(40-5)16-10-25/h7-18,26,31H,6,19-23H2,1-5H3. The van der Waals surface area contributed by atoms with E-state index in [0.717, 1.165) is 34.8 Å². The first kappa shape index (κ1) is 30.4. The zero-order chi connectivity index (χ0) is 30.6. The SMILES string of the molecule is COc1ccc(C(c2ccc(OC)cc2)C2CCN(CCCOc3ccc(C(C)(C)C)cc3)C3(C2)OC(=O)C(=O)O3)cc1. The highest BCUT2D eigenvalue weighted by atomic mass is 16.8. The molecule has 43 heavy (non-hydrogen) atoms. The van der Waals surface area contributed by atoms with Crippen molar-refractivity contribution in [2.75, 3.05) is 33.9 Å². The van der Waals surface area contributed by atoms with Crippen LogP contribution in [0, 0.1) is 5.92 Å². The summed E-state index contributed by atoms with van der Waals surface area (Å²) in [7, 11) is 3.29. The summed E-state index contributed by atoms with van der Waals surface area (Å²) in [5.74, 6) is -1.01. The van der Waals surface area contributed by atoms with Gasteiger partial charge in [0.25, 0.3) is 0 Å². The monoisotopic (exact) mass is 587 g/mol. The number of carbonyl (C=O) groups is 2. The topological polar surface area (TPSA) is 83.5 Å². The van der Waals surface area contributed by atoms with E-state index in [1.165, 1.54) is 5.56 Å². The Hall–Kier alpha value is -4.04.